The van der Waals surface area contributed by atoms with Gasteiger partial charge >= 0.3 is 0 Å². The Balaban J connectivity index is 1.84. The molecule has 0 atom stereocenters. The lowest BCUT2D eigenvalue weighted by atomic mass is 10.0. The Kier molecular flexibility index (Phi) is 4.16. The second-order valence-electron chi connectivity index (χ2n) is 6.48. The third kappa shape index (κ3) is 2.66. The number of nitrogens with zero attached hydrogens (tertiary/aromatic N) is 2. The van der Waals surface area contributed by atoms with Crippen molar-refractivity contribution in [3.05, 3.63) is 58.6 Å². The lowest BCUT2D eigenvalue weighted by Gasteiger charge is -2.18. The highest BCUT2D eigenvalue weighted by Crippen LogP contribution is 2.37. The first kappa shape index (κ1) is 17.3. The van der Waals surface area contributed by atoms with E-state index in [9.17, 15) is 8.42 Å². The third-order valence-electron chi connectivity index (χ3n) is 4.98. The van der Waals surface area contributed by atoms with E-state index in [4.69, 9.17) is 16.6 Å². The van der Waals surface area contributed by atoms with Gasteiger partial charge in [0.15, 0.2) is 0 Å². The standard InChI is InChI=1S/C20H19ClN2O2S/c1-3-26(24,25)23-11-10-14-12-15(8-9-18(14)23)20-19(21)13(2)16-6-4-5-7-17(16)22-20/h4-9,12H,3,10-11H2,1-2H3. The van der Waals surface area contributed by atoms with E-state index in [1.54, 1.807) is 6.92 Å². The molecular weight excluding hydrogens is 368 g/mol. The summed E-state index contributed by atoms with van der Waals surface area (Å²) in [5.74, 6) is 0.103. The molecule has 0 spiro atoms. The van der Waals surface area contributed by atoms with Crippen LogP contribution in [0.1, 0.15) is 18.1 Å². The molecule has 0 bridgehead atoms. The first-order chi connectivity index (χ1) is 12.4. The van der Waals surface area contributed by atoms with Crippen LogP contribution in [-0.4, -0.2) is 25.7 Å². The number of pyridine rings is 1. The SMILES string of the molecule is CCS(=O)(=O)N1CCc2cc(-c3nc4ccccc4c(C)c3Cl)ccc21. The van der Waals surface area contributed by atoms with Crippen molar-refractivity contribution in [3.63, 3.8) is 0 Å². The minimum absolute atomic E-state index is 0.103. The zero-order valence-corrected chi connectivity index (χ0v) is 16.2. The number of benzene rings is 2. The van der Waals surface area contributed by atoms with Crippen LogP contribution >= 0.6 is 11.6 Å². The van der Waals surface area contributed by atoms with E-state index in [1.807, 2.05) is 49.4 Å². The molecule has 0 aliphatic carbocycles. The van der Waals surface area contributed by atoms with Gasteiger partial charge in [-0.25, -0.2) is 13.4 Å². The summed E-state index contributed by atoms with van der Waals surface area (Å²) in [6.07, 6.45) is 0.701. The van der Waals surface area contributed by atoms with Gasteiger partial charge in [0.1, 0.15) is 0 Å². The molecule has 0 radical (unpaired) electrons. The van der Waals surface area contributed by atoms with E-state index in [-0.39, 0.29) is 5.75 Å². The largest absolute Gasteiger partial charge is 0.270 e. The number of hydrogen-bond acceptors (Lipinski definition) is 3. The number of fused-ring (bicyclic) bond motifs is 2. The maximum absolute atomic E-state index is 12.3. The van der Waals surface area contributed by atoms with Crippen LogP contribution in [0.4, 0.5) is 5.69 Å². The second-order valence-corrected chi connectivity index (χ2v) is 9.04. The van der Waals surface area contributed by atoms with E-state index in [1.165, 1.54) is 4.31 Å². The average molecular weight is 387 g/mol. The van der Waals surface area contributed by atoms with Gasteiger partial charge in [-0.2, -0.15) is 0 Å². The van der Waals surface area contributed by atoms with E-state index >= 15 is 0 Å². The van der Waals surface area contributed by atoms with Crippen molar-refractivity contribution < 1.29 is 8.42 Å². The van der Waals surface area contributed by atoms with Gasteiger partial charge in [0, 0.05) is 17.5 Å². The van der Waals surface area contributed by atoms with Gasteiger partial charge in [-0.15, -0.1) is 0 Å². The van der Waals surface area contributed by atoms with Crippen molar-refractivity contribution in [1.29, 1.82) is 0 Å². The van der Waals surface area contributed by atoms with Crippen molar-refractivity contribution in [2.75, 3.05) is 16.6 Å². The fourth-order valence-corrected chi connectivity index (χ4v) is 4.92. The highest BCUT2D eigenvalue weighted by atomic mass is 35.5. The summed E-state index contributed by atoms with van der Waals surface area (Å²) >= 11 is 6.61. The van der Waals surface area contributed by atoms with E-state index in [2.05, 4.69) is 0 Å². The molecule has 2 aromatic carbocycles. The summed E-state index contributed by atoms with van der Waals surface area (Å²) < 4.78 is 26.0. The van der Waals surface area contributed by atoms with Crippen LogP contribution in [-0.2, 0) is 16.4 Å². The molecule has 0 unspecified atom stereocenters. The van der Waals surface area contributed by atoms with Crippen molar-refractivity contribution in [1.82, 2.24) is 4.98 Å². The molecule has 2 heterocycles. The van der Waals surface area contributed by atoms with Crippen molar-refractivity contribution in [3.8, 4) is 11.3 Å². The highest BCUT2D eigenvalue weighted by molar-refractivity contribution is 7.92. The number of aromatic nitrogens is 1. The molecule has 0 N–H and O–H groups in total. The number of para-hydroxylation sites is 1. The molecule has 1 aromatic heterocycles. The molecule has 4 rings (SSSR count). The van der Waals surface area contributed by atoms with E-state index in [0.29, 0.717) is 18.0 Å². The number of anilines is 1. The van der Waals surface area contributed by atoms with E-state index < -0.39 is 10.0 Å². The smallest absolute Gasteiger partial charge is 0.234 e. The lowest BCUT2D eigenvalue weighted by Crippen LogP contribution is -2.30. The first-order valence-electron chi connectivity index (χ1n) is 8.61. The van der Waals surface area contributed by atoms with Gasteiger partial charge in [-0.05, 0) is 49.6 Å². The van der Waals surface area contributed by atoms with Gasteiger partial charge in [0.2, 0.25) is 10.0 Å². The van der Waals surface area contributed by atoms with Crippen molar-refractivity contribution in [2.24, 2.45) is 0 Å². The monoisotopic (exact) mass is 386 g/mol. The van der Waals surface area contributed by atoms with Gasteiger partial charge < -0.3 is 0 Å². The Bertz CT molecular complexity index is 1130. The molecular formula is C20H19ClN2O2S. The zero-order chi connectivity index (χ0) is 18.5. The van der Waals surface area contributed by atoms with Gasteiger partial charge in [-0.3, -0.25) is 4.31 Å². The van der Waals surface area contributed by atoms with Crippen LogP contribution in [0.15, 0.2) is 42.5 Å². The number of hydrogen-bond donors (Lipinski definition) is 0. The second kappa shape index (κ2) is 6.25. The molecule has 0 amide bonds. The van der Waals surface area contributed by atoms with Crippen molar-refractivity contribution >= 4 is 38.2 Å². The maximum Gasteiger partial charge on any atom is 0.234 e. The van der Waals surface area contributed by atoms with Crippen LogP contribution < -0.4 is 4.31 Å². The van der Waals surface area contributed by atoms with Crippen LogP contribution in [0, 0.1) is 6.92 Å². The fraction of sp³-hybridized carbons (Fsp3) is 0.250. The van der Waals surface area contributed by atoms with Crippen LogP contribution in [0.5, 0.6) is 0 Å². The summed E-state index contributed by atoms with van der Waals surface area (Å²) in [4.78, 5) is 4.75. The van der Waals surface area contributed by atoms with E-state index in [0.717, 1.165) is 39.0 Å². The third-order valence-corrected chi connectivity index (χ3v) is 7.23. The minimum Gasteiger partial charge on any atom is -0.270 e. The Morgan fingerprint density at radius 2 is 1.96 bits per heavy atom. The highest BCUT2D eigenvalue weighted by Gasteiger charge is 2.28. The molecule has 0 saturated carbocycles. The summed E-state index contributed by atoms with van der Waals surface area (Å²) in [5, 5.41) is 1.68. The summed E-state index contributed by atoms with van der Waals surface area (Å²) in [5.41, 5.74) is 5.34. The van der Waals surface area contributed by atoms with Crippen molar-refractivity contribution in [2.45, 2.75) is 20.3 Å². The molecule has 0 fully saturated rings. The average Bonchev–Trinajstić information content (AvgIpc) is 3.08. The Morgan fingerprint density at radius 3 is 2.73 bits per heavy atom. The summed E-state index contributed by atoms with van der Waals surface area (Å²) in [6.45, 7) is 4.16. The first-order valence-corrected chi connectivity index (χ1v) is 10.6. The molecule has 26 heavy (non-hydrogen) atoms. The van der Waals surface area contributed by atoms with Gasteiger partial charge in [-0.1, -0.05) is 35.9 Å². The zero-order valence-electron chi connectivity index (χ0n) is 14.7. The molecule has 4 nitrogen and oxygen atoms in total. The molecule has 6 heteroatoms. The fourth-order valence-electron chi connectivity index (χ4n) is 3.51. The molecule has 1 aliphatic rings. The maximum atomic E-state index is 12.3. The predicted octanol–water partition coefficient (Wildman–Crippen LogP) is 4.58. The topological polar surface area (TPSA) is 50.3 Å². The Labute approximate surface area is 158 Å². The molecule has 0 saturated heterocycles. The van der Waals surface area contributed by atoms with Crippen LogP contribution in [0.25, 0.3) is 22.2 Å². The molecule has 134 valence electrons. The van der Waals surface area contributed by atoms with Gasteiger partial charge in [0.05, 0.1) is 27.7 Å². The Morgan fingerprint density at radius 1 is 1.19 bits per heavy atom. The molecule has 1 aliphatic heterocycles. The van der Waals surface area contributed by atoms with Crippen LogP contribution in [0.2, 0.25) is 5.02 Å². The van der Waals surface area contributed by atoms with Gasteiger partial charge in [0.25, 0.3) is 0 Å². The minimum atomic E-state index is -3.24. The number of sulfonamides is 1. The summed E-state index contributed by atoms with van der Waals surface area (Å²) in [6, 6.07) is 13.7. The lowest BCUT2D eigenvalue weighted by molar-refractivity contribution is 0.593. The predicted molar refractivity (Wildman–Crippen MR) is 107 cm³/mol. The Hall–Kier alpha value is -2.11. The van der Waals surface area contributed by atoms with Crippen LogP contribution in [0.3, 0.4) is 0 Å². The number of halogens is 1. The summed E-state index contributed by atoms with van der Waals surface area (Å²) in [7, 11) is -3.24. The molecule has 3 aromatic rings. The number of rotatable bonds is 3. The quantitative estimate of drug-likeness (QED) is 0.662. The normalized spacial score (nSPS) is 14.0. The number of aryl methyl sites for hydroxylation is 1.